The fourth-order valence-corrected chi connectivity index (χ4v) is 2.96. The molecule has 4 rings (SSSR count). The fourth-order valence-electron chi connectivity index (χ4n) is 2.96. The first kappa shape index (κ1) is 17.0. The van der Waals surface area contributed by atoms with Gasteiger partial charge >= 0.3 is 0 Å². The van der Waals surface area contributed by atoms with Gasteiger partial charge in [0.25, 0.3) is 5.56 Å². The molecule has 4 aromatic rings. The lowest BCUT2D eigenvalue weighted by Crippen LogP contribution is -2.24. The molecule has 0 amide bonds. The monoisotopic (exact) mass is 365 g/mol. The third-order valence-electron chi connectivity index (χ3n) is 4.37. The number of para-hydroxylation sites is 1. The second-order valence-electron chi connectivity index (χ2n) is 6.10. The smallest absolute Gasteiger partial charge is 0.261 e. The molecular formula is C20H16FN3O3. The summed E-state index contributed by atoms with van der Waals surface area (Å²) in [4.78, 5) is 17.2. The highest BCUT2D eigenvalue weighted by atomic mass is 19.1. The van der Waals surface area contributed by atoms with Crippen LogP contribution in [0.15, 0.2) is 57.8 Å². The predicted molar refractivity (Wildman–Crippen MR) is 98.3 cm³/mol. The molecule has 0 saturated heterocycles. The van der Waals surface area contributed by atoms with Crippen LogP contribution in [0, 0.1) is 12.7 Å². The molecule has 2 aromatic heterocycles. The minimum absolute atomic E-state index is 0.122. The average Bonchev–Trinajstić information content (AvgIpc) is 3.14. The van der Waals surface area contributed by atoms with Crippen molar-refractivity contribution < 1.29 is 13.7 Å². The van der Waals surface area contributed by atoms with E-state index in [0.29, 0.717) is 33.7 Å². The van der Waals surface area contributed by atoms with E-state index in [-0.39, 0.29) is 17.9 Å². The molecule has 0 aliphatic heterocycles. The lowest BCUT2D eigenvalue weighted by Gasteiger charge is -2.08. The quantitative estimate of drug-likeness (QED) is 0.553. The number of aromatic nitrogens is 3. The Morgan fingerprint density at radius 3 is 2.81 bits per heavy atom. The Morgan fingerprint density at radius 2 is 2.00 bits per heavy atom. The van der Waals surface area contributed by atoms with Gasteiger partial charge in [-0.2, -0.15) is 0 Å². The molecule has 2 aromatic carbocycles. The molecular weight excluding hydrogens is 349 g/mol. The number of hydrogen-bond donors (Lipinski definition) is 0. The first-order valence-corrected chi connectivity index (χ1v) is 8.32. The van der Waals surface area contributed by atoms with Crippen molar-refractivity contribution in [2.24, 2.45) is 0 Å². The van der Waals surface area contributed by atoms with Crippen LogP contribution in [0.25, 0.3) is 22.2 Å². The second-order valence-corrected chi connectivity index (χ2v) is 6.10. The lowest BCUT2D eigenvalue weighted by molar-refractivity contribution is 0.386. The standard InChI is InChI=1S/C20H16FN3O3/c1-12-22-17-6-4-3-5-15(17)20(25)24(12)11-14-10-18(27-23-14)13-7-8-16(21)19(9-13)26-2/h3-10H,11H2,1-2H3. The number of methoxy groups -OCH3 is 1. The van der Waals surface area contributed by atoms with Crippen LogP contribution >= 0.6 is 0 Å². The third-order valence-corrected chi connectivity index (χ3v) is 4.37. The van der Waals surface area contributed by atoms with E-state index in [1.165, 1.54) is 19.2 Å². The maximum absolute atomic E-state index is 13.6. The van der Waals surface area contributed by atoms with Crippen LogP contribution in [0.5, 0.6) is 5.75 Å². The predicted octanol–water partition coefficient (Wildman–Crippen LogP) is 3.56. The summed E-state index contributed by atoms with van der Waals surface area (Å²) in [5.74, 6) is 0.719. The first-order chi connectivity index (χ1) is 13.1. The van der Waals surface area contributed by atoms with Crippen LogP contribution in [-0.4, -0.2) is 21.8 Å². The van der Waals surface area contributed by atoms with Gasteiger partial charge in [0, 0.05) is 11.6 Å². The summed E-state index contributed by atoms with van der Waals surface area (Å²) < 4.78 is 25.5. The minimum atomic E-state index is -0.453. The third kappa shape index (κ3) is 3.08. The van der Waals surface area contributed by atoms with E-state index < -0.39 is 5.82 Å². The van der Waals surface area contributed by atoms with Crippen molar-refractivity contribution in [2.45, 2.75) is 13.5 Å². The molecule has 0 bridgehead atoms. The Kier molecular flexibility index (Phi) is 4.19. The molecule has 0 aliphatic carbocycles. The number of ether oxygens (including phenoxy) is 1. The molecule has 0 saturated carbocycles. The Labute approximate surface area is 153 Å². The summed E-state index contributed by atoms with van der Waals surface area (Å²) in [5.41, 5.74) is 1.73. The van der Waals surface area contributed by atoms with Gasteiger partial charge in [0.2, 0.25) is 0 Å². The van der Waals surface area contributed by atoms with E-state index >= 15 is 0 Å². The summed E-state index contributed by atoms with van der Waals surface area (Å²) in [5, 5.41) is 4.58. The van der Waals surface area contributed by atoms with Crippen LogP contribution in [-0.2, 0) is 6.54 Å². The Morgan fingerprint density at radius 1 is 1.19 bits per heavy atom. The van der Waals surface area contributed by atoms with Gasteiger partial charge in [0.05, 0.1) is 24.6 Å². The summed E-state index contributed by atoms with van der Waals surface area (Å²) >= 11 is 0. The van der Waals surface area contributed by atoms with Crippen molar-refractivity contribution in [2.75, 3.05) is 7.11 Å². The maximum atomic E-state index is 13.6. The van der Waals surface area contributed by atoms with Gasteiger partial charge in [0.1, 0.15) is 11.5 Å². The minimum Gasteiger partial charge on any atom is -0.494 e. The molecule has 0 aliphatic rings. The van der Waals surface area contributed by atoms with Crippen molar-refractivity contribution >= 4 is 10.9 Å². The van der Waals surface area contributed by atoms with Crippen LogP contribution in [0.2, 0.25) is 0 Å². The zero-order valence-electron chi connectivity index (χ0n) is 14.8. The molecule has 0 atom stereocenters. The SMILES string of the molecule is COc1cc(-c2cc(Cn3c(C)nc4ccccc4c3=O)no2)ccc1F. The van der Waals surface area contributed by atoms with E-state index in [4.69, 9.17) is 9.26 Å². The molecule has 0 radical (unpaired) electrons. The molecule has 0 unspecified atom stereocenters. The van der Waals surface area contributed by atoms with Crippen molar-refractivity contribution in [1.82, 2.24) is 14.7 Å². The van der Waals surface area contributed by atoms with Crippen molar-refractivity contribution in [3.05, 3.63) is 76.2 Å². The molecule has 2 heterocycles. The summed E-state index contributed by atoms with van der Waals surface area (Å²) in [6, 6.07) is 13.3. The van der Waals surface area contributed by atoms with Crippen LogP contribution in [0.4, 0.5) is 4.39 Å². The van der Waals surface area contributed by atoms with Gasteiger partial charge < -0.3 is 9.26 Å². The summed E-state index contributed by atoms with van der Waals surface area (Å²) in [7, 11) is 1.40. The fraction of sp³-hybridized carbons (Fsp3) is 0.150. The molecule has 7 heteroatoms. The van der Waals surface area contributed by atoms with Crippen LogP contribution in [0.3, 0.4) is 0 Å². The van der Waals surface area contributed by atoms with Gasteiger partial charge in [-0.15, -0.1) is 0 Å². The Hall–Kier alpha value is -3.48. The van der Waals surface area contributed by atoms with Gasteiger partial charge in [-0.05, 0) is 37.3 Å². The number of halogens is 1. The zero-order chi connectivity index (χ0) is 19.0. The van der Waals surface area contributed by atoms with E-state index in [9.17, 15) is 9.18 Å². The van der Waals surface area contributed by atoms with Crippen molar-refractivity contribution in [1.29, 1.82) is 0 Å². The Bertz CT molecular complexity index is 1200. The van der Waals surface area contributed by atoms with Crippen molar-refractivity contribution in [3.63, 3.8) is 0 Å². The number of nitrogens with zero attached hydrogens (tertiary/aromatic N) is 3. The van der Waals surface area contributed by atoms with Crippen LogP contribution < -0.4 is 10.3 Å². The van der Waals surface area contributed by atoms with E-state index in [0.717, 1.165) is 0 Å². The second kappa shape index (κ2) is 6.68. The Balaban J connectivity index is 1.69. The summed E-state index contributed by atoms with van der Waals surface area (Å²) in [6.45, 7) is 2.00. The van der Waals surface area contributed by atoms with Crippen molar-refractivity contribution in [3.8, 4) is 17.1 Å². The number of aryl methyl sites for hydroxylation is 1. The highest BCUT2D eigenvalue weighted by Crippen LogP contribution is 2.27. The van der Waals surface area contributed by atoms with Gasteiger partial charge in [0.15, 0.2) is 17.3 Å². The number of hydrogen-bond acceptors (Lipinski definition) is 5. The molecule has 136 valence electrons. The number of benzene rings is 2. The normalized spacial score (nSPS) is 11.1. The molecule has 0 fully saturated rings. The average molecular weight is 365 g/mol. The molecule has 6 nitrogen and oxygen atoms in total. The molecule has 27 heavy (non-hydrogen) atoms. The van der Waals surface area contributed by atoms with Gasteiger partial charge in [-0.1, -0.05) is 17.3 Å². The first-order valence-electron chi connectivity index (χ1n) is 8.32. The topological polar surface area (TPSA) is 70.2 Å². The number of fused-ring (bicyclic) bond motifs is 1. The zero-order valence-corrected chi connectivity index (χ0v) is 14.8. The maximum Gasteiger partial charge on any atom is 0.261 e. The van der Waals surface area contributed by atoms with E-state index in [2.05, 4.69) is 10.1 Å². The summed E-state index contributed by atoms with van der Waals surface area (Å²) in [6.07, 6.45) is 0. The number of rotatable bonds is 4. The van der Waals surface area contributed by atoms with Gasteiger partial charge in [-0.25, -0.2) is 9.37 Å². The van der Waals surface area contributed by atoms with Crippen LogP contribution in [0.1, 0.15) is 11.5 Å². The molecule has 0 N–H and O–H groups in total. The lowest BCUT2D eigenvalue weighted by atomic mass is 10.1. The highest BCUT2D eigenvalue weighted by molar-refractivity contribution is 5.77. The molecule has 0 spiro atoms. The van der Waals surface area contributed by atoms with E-state index in [1.807, 2.05) is 12.1 Å². The largest absolute Gasteiger partial charge is 0.494 e. The van der Waals surface area contributed by atoms with Gasteiger partial charge in [-0.3, -0.25) is 9.36 Å². The highest BCUT2D eigenvalue weighted by Gasteiger charge is 2.13. The van der Waals surface area contributed by atoms with E-state index in [1.54, 1.807) is 35.8 Å².